The fraction of sp³-hybridized carbons (Fsp3) is 0.701. The monoisotopic (exact) mass is 1820 g/mol. The highest BCUT2D eigenvalue weighted by Gasteiger charge is 2.13. The van der Waals surface area contributed by atoms with E-state index in [0.717, 1.165) is 53.8 Å². The van der Waals surface area contributed by atoms with Gasteiger partial charge in [0.25, 0.3) is 0 Å². The molecule has 8 aliphatic rings. The average Bonchev–Trinajstić information content (AvgIpc) is 1.81. The molecule has 1 heterocycles. The molecule has 128 heavy (non-hydrogen) atoms. The van der Waals surface area contributed by atoms with Crippen LogP contribution in [-0.2, 0) is 6.42 Å². The van der Waals surface area contributed by atoms with E-state index in [9.17, 15) is 0 Å². The molecule has 5 aromatic carbocycles. The van der Waals surface area contributed by atoms with Crippen LogP contribution in [0.15, 0.2) is 182 Å². The Labute approximate surface area is 827 Å². The Morgan fingerprint density at radius 3 is 0.727 bits per heavy atom. The second kappa shape index (κ2) is 198. The molecular weight excluding hydrogens is 1560 g/mol. The zero-order chi connectivity index (χ0) is 106. The van der Waals surface area contributed by atoms with Gasteiger partial charge < -0.3 is 0 Å². The summed E-state index contributed by atoms with van der Waals surface area (Å²) in [4.78, 5) is 1.39. The molecule has 6 aromatic rings. The highest BCUT2D eigenvalue weighted by Crippen LogP contribution is 2.28. The number of allylic oxidation sites excluding steroid dienone is 8. The van der Waals surface area contributed by atoms with Crippen LogP contribution in [0.2, 0.25) is 0 Å². The van der Waals surface area contributed by atoms with Crippen LogP contribution >= 0.6 is 11.3 Å². The van der Waals surface area contributed by atoms with Crippen molar-refractivity contribution in [3.05, 3.63) is 204 Å². The van der Waals surface area contributed by atoms with Crippen LogP contribution in [0.4, 0.5) is 0 Å². The summed E-state index contributed by atoms with van der Waals surface area (Å²) in [6.45, 7) is 123. The molecule has 0 amide bonds. The summed E-state index contributed by atoms with van der Waals surface area (Å²) in [6.07, 6.45) is 47.7. The van der Waals surface area contributed by atoms with Gasteiger partial charge in [-0.05, 0) is 152 Å². The molecule has 774 valence electrons. The van der Waals surface area contributed by atoms with Gasteiger partial charge in [-0.1, -0.05) is 660 Å². The molecular formula is C127H260S. The highest BCUT2D eigenvalue weighted by molar-refractivity contribution is 7.19. The first-order valence-corrected chi connectivity index (χ1v) is 57.1. The molecule has 0 radical (unpaired) electrons. The van der Waals surface area contributed by atoms with Crippen LogP contribution < -0.4 is 0 Å². The first kappa shape index (κ1) is 180. The molecule has 0 N–H and O–H groups in total. The minimum absolute atomic E-state index is 0.833. The number of rotatable bonds is 1. The zero-order valence-electron chi connectivity index (χ0n) is 101. The number of fused-ring (bicyclic) bond motifs is 2. The third-order valence-corrected chi connectivity index (χ3v) is 16.9. The molecule has 1 aromatic heterocycles. The molecule has 0 bridgehead atoms. The Bertz CT molecular complexity index is 2450. The van der Waals surface area contributed by atoms with Crippen molar-refractivity contribution in [3.63, 3.8) is 0 Å². The third-order valence-electron chi connectivity index (χ3n) is 15.9. The summed E-state index contributed by atoms with van der Waals surface area (Å²) in [7, 11) is 0. The number of aryl methyl sites for hydroxylation is 4. The van der Waals surface area contributed by atoms with Gasteiger partial charge in [0.1, 0.15) is 0 Å². The van der Waals surface area contributed by atoms with Gasteiger partial charge in [0, 0.05) is 9.58 Å². The van der Waals surface area contributed by atoms with Crippen molar-refractivity contribution in [1.29, 1.82) is 0 Å². The van der Waals surface area contributed by atoms with E-state index >= 15 is 0 Å². The van der Waals surface area contributed by atoms with Gasteiger partial charge in [-0.15, -0.1) is 11.3 Å². The standard InChI is InChI=1S/C11H10.C9H8S.C8H10.C7H14.C7H12.C7H8.C6H12.C6H10.C5H10.C5H8.C4H8.C4H6.24C2H6/c1-9-5-4-7-10-6-2-3-8-11(9)10;1-7-6-8-4-2-3-5-9(8)10-7;1-2-8-6-4-3-5-7-8;3*1-7-5-3-2-4-6-7;2*1-6-4-2-3-5-6;2*1-5-3-2-4-5;2*1-4-2-3-4;24*1-2/h2-8H,1H3;2-6H,1H3;3-7H,2H2,1H3;7H,2-6H2,1H3;2-3,7H,4-6H2,1H3;2-6H,1H3;6H,2-5H2,1H3;2-3,6H,4-5H2,1H3;5H,2-4H2,1H3;2-3,5H,4H2,1H3;4H,2-3H2,1H3;2-4H,1H3;24*1-2H3. The Morgan fingerprint density at radius 1 is 0.250 bits per heavy atom. The van der Waals surface area contributed by atoms with E-state index in [2.05, 4.69) is 241 Å². The Balaban J connectivity index is -0.0000000461. The van der Waals surface area contributed by atoms with Crippen molar-refractivity contribution in [1.82, 2.24) is 0 Å². The van der Waals surface area contributed by atoms with Crippen LogP contribution in [0.25, 0.3) is 20.9 Å². The summed E-state index contributed by atoms with van der Waals surface area (Å²) in [5, 5.41) is 4.05. The summed E-state index contributed by atoms with van der Waals surface area (Å²) >= 11 is 1.85. The summed E-state index contributed by atoms with van der Waals surface area (Å²) in [5.41, 5.74) is 4.08. The SMILES string of the molecule is CC.CC.CC.CC.CC.CC.CC.CC.CC.CC.CC.CC.CC.CC.CC.CC.CC.CC.CC.CC.CC.CC.CC.CC.CC1C=C1.CC1C=CC1.CC1CC1.CC1CC=CC1.CC1CC=CCC1.CC1CCC1.CC1CCCC1.CC1CCCCC1.CCc1ccccc1.Cc1cc2ccccc2s1.Cc1cccc2ccccc12.Cc1ccccc1. The molecule has 0 nitrogen and oxygen atoms in total. The number of hydrogen-bond acceptors (Lipinski definition) is 1. The van der Waals surface area contributed by atoms with E-state index in [0.29, 0.717) is 0 Å². The van der Waals surface area contributed by atoms with Gasteiger partial charge in [0.05, 0.1) is 0 Å². The van der Waals surface area contributed by atoms with Gasteiger partial charge in [-0.25, -0.2) is 0 Å². The van der Waals surface area contributed by atoms with Crippen LogP contribution in [0.1, 0.15) is 545 Å². The normalized spacial score (nSPS) is 13.0. The largest absolute Gasteiger partial charge is 0.141 e. The van der Waals surface area contributed by atoms with Crippen molar-refractivity contribution < 1.29 is 0 Å². The van der Waals surface area contributed by atoms with Crippen molar-refractivity contribution >= 4 is 32.2 Å². The fourth-order valence-corrected chi connectivity index (χ4v) is 10.1. The molecule has 0 saturated heterocycles. The molecule has 2 unspecified atom stereocenters. The van der Waals surface area contributed by atoms with Crippen LogP contribution in [-0.4, -0.2) is 0 Å². The fourth-order valence-electron chi connectivity index (χ4n) is 9.18. The summed E-state index contributed by atoms with van der Waals surface area (Å²) < 4.78 is 1.39. The van der Waals surface area contributed by atoms with Gasteiger partial charge in [0.2, 0.25) is 0 Å². The second-order valence-corrected chi connectivity index (χ2v) is 26.1. The van der Waals surface area contributed by atoms with E-state index in [1.165, 1.54) is 171 Å². The maximum atomic E-state index is 2.36. The maximum Gasteiger partial charge on any atom is 0.0345 e. The molecule has 8 aliphatic carbocycles. The van der Waals surface area contributed by atoms with Crippen LogP contribution in [0.5, 0.6) is 0 Å². The average molecular weight is 1820 g/mol. The predicted octanol–water partition coefficient (Wildman–Crippen LogP) is 50.3. The maximum absolute atomic E-state index is 2.36. The van der Waals surface area contributed by atoms with Crippen LogP contribution in [0, 0.1) is 68.1 Å². The smallest absolute Gasteiger partial charge is 0.0345 e. The first-order valence-electron chi connectivity index (χ1n) is 56.3. The van der Waals surface area contributed by atoms with Crippen molar-refractivity contribution in [2.24, 2.45) is 47.3 Å². The van der Waals surface area contributed by atoms with E-state index in [-0.39, 0.29) is 0 Å². The number of hydrogen-bond donors (Lipinski definition) is 0. The Morgan fingerprint density at radius 2 is 0.531 bits per heavy atom. The lowest BCUT2D eigenvalue weighted by Crippen LogP contribution is -2.04. The molecule has 0 aliphatic heterocycles. The van der Waals surface area contributed by atoms with Gasteiger partial charge in [0.15, 0.2) is 0 Å². The zero-order valence-corrected chi connectivity index (χ0v) is 102. The molecule has 2 atom stereocenters. The van der Waals surface area contributed by atoms with Crippen LogP contribution in [0.3, 0.4) is 0 Å². The third kappa shape index (κ3) is 171. The Kier molecular flexibility index (Phi) is 278. The van der Waals surface area contributed by atoms with E-state index < -0.39 is 0 Å². The molecule has 14 rings (SSSR count). The number of thiophene rings is 1. The minimum Gasteiger partial charge on any atom is -0.141 e. The lowest BCUT2D eigenvalue weighted by molar-refractivity contribution is 0.346. The molecule has 0 spiro atoms. The van der Waals surface area contributed by atoms with E-state index in [1.54, 1.807) is 0 Å². The topological polar surface area (TPSA) is 0 Å². The quantitative estimate of drug-likeness (QED) is 0.144. The molecule has 4 fully saturated rings. The van der Waals surface area contributed by atoms with E-state index in [4.69, 9.17) is 0 Å². The van der Waals surface area contributed by atoms with E-state index in [1.807, 2.05) is 368 Å². The van der Waals surface area contributed by atoms with Crippen molar-refractivity contribution in [2.75, 3.05) is 0 Å². The Hall–Kier alpha value is -4.72. The summed E-state index contributed by atoms with van der Waals surface area (Å²) in [6, 6.07) is 46.2. The predicted molar refractivity (Wildman–Crippen MR) is 637 cm³/mol. The minimum atomic E-state index is 0.833. The van der Waals surface area contributed by atoms with Gasteiger partial charge in [-0.3, -0.25) is 0 Å². The highest BCUT2D eigenvalue weighted by atomic mass is 32.1. The lowest BCUT2D eigenvalue weighted by atomic mass is 9.88. The van der Waals surface area contributed by atoms with Crippen molar-refractivity contribution in [3.8, 4) is 0 Å². The lowest BCUT2D eigenvalue weighted by Gasteiger charge is -2.18. The first-order chi connectivity index (χ1) is 62.7. The summed E-state index contributed by atoms with van der Waals surface area (Å²) in [5.74, 6) is 7.83. The molecule has 1 heteroatoms. The van der Waals surface area contributed by atoms with Gasteiger partial charge in [-0.2, -0.15) is 0 Å². The van der Waals surface area contributed by atoms with Gasteiger partial charge >= 0.3 is 0 Å². The van der Waals surface area contributed by atoms with Crippen molar-refractivity contribution in [2.45, 2.75) is 550 Å². The molecule has 4 saturated carbocycles. The number of benzene rings is 5. The second-order valence-electron chi connectivity index (χ2n) is 24.9.